The Bertz CT molecular complexity index is 520. The average Bonchev–Trinajstić information content (AvgIpc) is 2.35. The maximum absolute atomic E-state index is 11.7. The molecular weight excluding hydrogens is 246 g/mol. The molecule has 0 aliphatic heterocycles. The van der Waals surface area contributed by atoms with E-state index in [1.54, 1.807) is 0 Å². The van der Waals surface area contributed by atoms with E-state index in [0.717, 1.165) is 0 Å². The molecule has 0 spiro atoms. The topological polar surface area (TPSA) is 91.3 Å². The summed E-state index contributed by atoms with van der Waals surface area (Å²) in [4.78, 5) is 26.2. The van der Waals surface area contributed by atoms with Crippen LogP contribution in [0.4, 0.5) is 10.5 Å². The first-order valence-corrected chi connectivity index (χ1v) is 5.66. The molecule has 0 saturated carbocycles. The van der Waals surface area contributed by atoms with Gasteiger partial charge < -0.3 is 15.7 Å². The van der Waals surface area contributed by atoms with Crippen LogP contribution in [0.5, 0.6) is 0 Å². The Kier molecular flexibility index (Phi) is 4.89. The smallest absolute Gasteiger partial charge is 0.337 e. The lowest BCUT2D eigenvalue weighted by Crippen LogP contribution is -2.40. The predicted molar refractivity (Wildman–Crippen MR) is 70.8 cm³/mol. The van der Waals surface area contributed by atoms with E-state index in [1.165, 1.54) is 18.5 Å². The van der Waals surface area contributed by atoms with Crippen molar-refractivity contribution in [3.63, 3.8) is 0 Å². The van der Waals surface area contributed by atoms with Crippen molar-refractivity contribution in [1.29, 1.82) is 0 Å². The molecule has 1 atom stereocenters. The summed E-state index contributed by atoms with van der Waals surface area (Å²) >= 11 is 0. The number of anilines is 1. The number of urea groups is 1. The normalized spacial score (nSPS) is 11.5. The predicted octanol–water partition coefficient (Wildman–Crippen LogP) is 1.56. The number of pyridine rings is 1. The number of amides is 2. The van der Waals surface area contributed by atoms with E-state index in [2.05, 4.69) is 21.5 Å². The molecule has 1 unspecified atom stereocenters. The number of nitrogens with one attached hydrogen (secondary N) is 2. The number of rotatable bonds is 4. The summed E-state index contributed by atoms with van der Waals surface area (Å²) in [5.41, 5.74) is 0.284. The van der Waals surface area contributed by atoms with E-state index in [1.807, 2.05) is 13.8 Å². The molecule has 0 aliphatic carbocycles. The number of terminal acetylenes is 1. The third kappa shape index (κ3) is 4.32. The number of nitrogens with zero attached hydrogens (tertiary/aromatic N) is 1. The van der Waals surface area contributed by atoms with Crippen molar-refractivity contribution in [3.05, 3.63) is 24.0 Å². The highest BCUT2D eigenvalue weighted by molar-refractivity contribution is 5.92. The van der Waals surface area contributed by atoms with Gasteiger partial charge in [-0.3, -0.25) is 4.98 Å². The molecule has 0 bridgehead atoms. The molecule has 100 valence electrons. The standard InChI is InChI=1S/C13H15N3O3/c1-4-11(8(2)3)16-13(19)15-10-5-9(12(17)18)6-14-7-10/h1,5-8,11H,2-3H3,(H,17,18)(H2,15,16,19). The molecule has 6 heteroatoms. The van der Waals surface area contributed by atoms with Gasteiger partial charge in [0.25, 0.3) is 0 Å². The van der Waals surface area contributed by atoms with Crippen LogP contribution in [0.25, 0.3) is 0 Å². The second-order valence-electron chi connectivity index (χ2n) is 4.25. The Labute approximate surface area is 111 Å². The number of carboxylic acid groups (broad SMARTS) is 1. The Hall–Kier alpha value is -2.55. The number of hydrogen-bond acceptors (Lipinski definition) is 3. The van der Waals surface area contributed by atoms with Crippen molar-refractivity contribution < 1.29 is 14.7 Å². The monoisotopic (exact) mass is 261 g/mol. The summed E-state index contributed by atoms with van der Waals surface area (Å²) in [6, 6.07) is 0.423. The maximum atomic E-state index is 11.7. The molecule has 1 heterocycles. The van der Waals surface area contributed by atoms with Crippen LogP contribution in [0.15, 0.2) is 18.5 Å². The molecule has 2 amide bonds. The fourth-order valence-electron chi connectivity index (χ4n) is 1.33. The molecule has 0 radical (unpaired) electrons. The molecule has 0 aromatic carbocycles. The molecule has 0 aliphatic rings. The molecular formula is C13H15N3O3. The van der Waals surface area contributed by atoms with E-state index in [9.17, 15) is 9.59 Å². The highest BCUT2D eigenvalue weighted by Crippen LogP contribution is 2.08. The summed E-state index contributed by atoms with van der Waals surface area (Å²) in [6.07, 6.45) is 7.85. The second-order valence-corrected chi connectivity index (χ2v) is 4.25. The van der Waals surface area contributed by atoms with Crippen molar-refractivity contribution in [2.45, 2.75) is 19.9 Å². The molecule has 0 fully saturated rings. The number of aromatic carboxylic acids is 1. The number of aromatic nitrogens is 1. The van der Waals surface area contributed by atoms with Crippen LogP contribution in [0.2, 0.25) is 0 Å². The fraction of sp³-hybridized carbons (Fsp3) is 0.308. The first-order chi connectivity index (χ1) is 8.93. The maximum Gasteiger partial charge on any atom is 0.337 e. The average molecular weight is 261 g/mol. The van der Waals surface area contributed by atoms with Gasteiger partial charge in [0.2, 0.25) is 0 Å². The van der Waals surface area contributed by atoms with Gasteiger partial charge in [0.05, 0.1) is 23.5 Å². The zero-order chi connectivity index (χ0) is 14.4. The highest BCUT2D eigenvalue weighted by Gasteiger charge is 2.13. The van der Waals surface area contributed by atoms with Gasteiger partial charge in [-0.2, -0.15) is 0 Å². The molecule has 3 N–H and O–H groups in total. The van der Waals surface area contributed by atoms with Gasteiger partial charge in [0.1, 0.15) is 0 Å². The van der Waals surface area contributed by atoms with Crippen molar-refractivity contribution in [2.24, 2.45) is 5.92 Å². The van der Waals surface area contributed by atoms with Gasteiger partial charge in [0, 0.05) is 6.20 Å². The molecule has 1 aromatic heterocycles. The molecule has 1 aromatic rings. The van der Waals surface area contributed by atoms with Gasteiger partial charge in [-0.25, -0.2) is 9.59 Å². The van der Waals surface area contributed by atoms with Crippen LogP contribution in [-0.4, -0.2) is 28.1 Å². The van der Waals surface area contributed by atoms with Crippen molar-refractivity contribution in [2.75, 3.05) is 5.32 Å². The van der Waals surface area contributed by atoms with Crippen molar-refractivity contribution in [3.8, 4) is 12.3 Å². The minimum Gasteiger partial charge on any atom is -0.478 e. The van der Waals surface area contributed by atoms with Gasteiger partial charge in [-0.05, 0) is 12.0 Å². The second kappa shape index (κ2) is 6.40. The summed E-state index contributed by atoms with van der Waals surface area (Å²) in [6.45, 7) is 3.77. The van der Waals surface area contributed by atoms with Crippen LogP contribution < -0.4 is 10.6 Å². The van der Waals surface area contributed by atoms with E-state index in [4.69, 9.17) is 11.5 Å². The van der Waals surface area contributed by atoms with Crippen LogP contribution >= 0.6 is 0 Å². The number of hydrogen-bond donors (Lipinski definition) is 3. The highest BCUT2D eigenvalue weighted by atomic mass is 16.4. The first kappa shape index (κ1) is 14.5. The fourth-order valence-corrected chi connectivity index (χ4v) is 1.33. The van der Waals surface area contributed by atoms with E-state index < -0.39 is 18.0 Å². The summed E-state index contributed by atoms with van der Waals surface area (Å²) in [5, 5.41) is 13.9. The Morgan fingerprint density at radius 2 is 2.11 bits per heavy atom. The summed E-state index contributed by atoms with van der Waals surface area (Å²) < 4.78 is 0. The summed E-state index contributed by atoms with van der Waals surface area (Å²) in [7, 11) is 0. The Morgan fingerprint density at radius 3 is 2.63 bits per heavy atom. The minimum atomic E-state index is -1.11. The lowest BCUT2D eigenvalue weighted by atomic mass is 10.1. The molecule has 0 saturated heterocycles. The lowest BCUT2D eigenvalue weighted by Gasteiger charge is -2.17. The number of carbonyl (C=O) groups excluding carboxylic acids is 1. The van der Waals surface area contributed by atoms with Crippen LogP contribution in [0.3, 0.4) is 0 Å². The van der Waals surface area contributed by atoms with Crippen molar-refractivity contribution in [1.82, 2.24) is 10.3 Å². The SMILES string of the molecule is C#CC(NC(=O)Nc1cncc(C(=O)O)c1)C(C)C. The van der Waals surface area contributed by atoms with E-state index in [-0.39, 0.29) is 17.2 Å². The largest absolute Gasteiger partial charge is 0.478 e. The lowest BCUT2D eigenvalue weighted by molar-refractivity contribution is 0.0696. The van der Waals surface area contributed by atoms with Crippen LogP contribution in [0.1, 0.15) is 24.2 Å². The third-order valence-electron chi connectivity index (χ3n) is 2.38. The quantitative estimate of drug-likeness (QED) is 0.717. The van der Waals surface area contributed by atoms with Crippen LogP contribution in [0, 0.1) is 18.3 Å². The number of carbonyl (C=O) groups is 2. The third-order valence-corrected chi connectivity index (χ3v) is 2.38. The Balaban J connectivity index is 2.70. The molecule has 1 rings (SSSR count). The molecule has 6 nitrogen and oxygen atoms in total. The first-order valence-electron chi connectivity index (χ1n) is 5.66. The zero-order valence-corrected chi connectivity index (χ0v) is 10.7. The van der Waals surface area contributed by atoms with Gasteiger partial charge in [0.15, 0.2) is 0 Å². The van der Waals surface area contributed by atoms with Crippen LogP contribution in [-0.2, 0) is 0 Å². The Morgan fingerprint density at radius 1 is 1.42 bits per heavy atom. The summed E-state index contributed by atoms with van der Waals surface area (Å²) in [5.74, 6) is 1.45. The van der Waals surface area contributed by atoms with Crippen molar-refractivity contribution >= 4 is 17.7 Å². The van der Waals surface area contributed by atoms with Gasteiger partial charge >= 0.3 is 12.0 Å². The number of carboxylic acids is 1. The van der Waals surface area contributed by atoms with Gasteiger partial charge in [-0.15, -0.1) is 6.42 Å². The zero-order valence-electron chi connectivity index (χ0n) is 10.7. The molecule has 19 heavy (non-hydrogen) atoms. The van der Waals surface area contributed by atoms with E-state index in [0.29, 0.717) is 0 Å². The minimum absolute atomic E-state index is 0.00448. The van der Waals surface area contributed by atoms with Gasteiger partial charge in [-0.1, -0.05) is 19.8 Å². The van der Waals surface area contributed by atoms with E-state index >= 15 is 0 Å².